The quantitative estimate of drug-likeness (QED) is 0.617. The summed E-state index contributed by atoms with van der Waals surface area (Å²) < 4.78 is 0.856. The van der Waals surface area contributed by atoms with E-state index >= 15 is 0 Å². The lowest BCUT2D eigenvalue weighted by Crippen LogP contribution is -1.34. The zero-order valence-corrected chi connectivity index (χ0v) is 9.18. The molecule has 0 atom stereocenters. The van der Waals surface area contributed by atoms with E-state index in [-0.39, 0.29) is 0 Å². The molecule has 0 N–H and O–H groups in total. The van der Waals surface area contributed by atoms with Gasteiger partial charge < -0.3 is 0 Å². The molecule has 0 saturated carbocycles. The number of thiophene rings is 2. The molecule has 2 rings (SSSR count). The number of hydrogen-bond acceptors (Lipinski definition) is 2. The van der Waals surface area contributed by atoms with Gasteiger partial charge in [0.25, 0.3) is 0 Å². The van der Waals surface area contributed by atoms with Gasteiger partial charge in [0.15, 0.2) is 0 Å². The number of halogens is 2. The van der Waals surface area contributed by atoms with Crippen LogP contribution >= 0.6 is 45.9 Å². The lowest BCUT2D eigenvalue weighted by molar-refractivity contribution is 2.01. The van der Waals surface area contributed by atoms with Crippen LogP contribution in [0.1, 0.15) is 0 Å². The summed E-state index contributed by atoms with van der Waals surface area (Å²) in [5, 5.41) is 6.62. The van der Waals surface area contributed by atoms with Gasteiger partial charge in [-0.25, -0.2) is 0 Å². The van der Waals surface area contributed by atoms with Crippen molar-refractivity contribution < 1.29 is 0 Å². The molecular weight excluding hydrogens is 231 g/mol. The first kappa shape index (κ1) is 10.1. The molecule has 0 amide bonds. The highest BCUT2D eigenvalue weighted by Gasteiger charge is 1.78. The molecule has 0 fully saturated rings. The standard InChI is InChI=1S/2C4H3ClS/c5-4-1-2-6-3-4;5-4-2-1-3-6-4/h2*1-3H. The Morgan fingerprint density at radius 1 is 1.08 bits per heavy atom. The minimum Gasteiger partial charge on any atom is -0.151 e. The van der Waals surface area contributed by atoms with Crippen LogP contribution in [-0.4, -0.2) is 0 Å². The molecule has 2 heterocycles. The Morgan fingerprint density at radius 3 is 2.08 bits per heavy atom. The van der Waals surface area contributed by atoms with Crippen LogP contribution in [0.15, 0.2) is 34.3 Å². The maximum atomic E-state index is 5.47. The molecule has 0 aliphatic heterocycles. The molecule has 0 bridgehead atoms. The maximum absolute atomic E-state index is 5.47. The third-order valence-electron chi connectivity index (χ3n) is 0.973. The molecule has 2 aromatic rings. The topological polar surface area (TPSA) is 0 Å². The normalized spacial score (nSPS) is 8.83. The summed E-state index contributed by atoms with van der Waals surface area (Å²) in [4.78, 5) is 0. The average Bonchev–Trinajstić information content (AvgIpc) is 2.63. The monoisotopic (exact) mass is 236 g/mol. The van der Waals surface area contributed by atoms with Crippen molar-refractivity contribution in [1.82, 2.24) is 0 Å². The third kappa shape index (κ3) is 4.12. The lowest BCUT2D eigenvalue weighted by atomic mass is 10.7. The summed E-state index contributed by atoms with van der Waals surface area (Å²) in [5.74, 6) is 0. The van der Waals surface area contributed by atoms with Crippen molar-refractivity contribution in [3.8, 4) is 0 Å². The molecule has 0 nitrogen and oxygen atoms in total. The van der Waals surface area contributed by atoms with Crippen LogP contribution in [0, 0.1) is 0 Å². The minimum atomic E-state index is 0.833. The molecular formula is C8H6Cl2S2. The van der Waals surface area contributed by atoms with Crippen LogP contribution in [0.3, 0.4) is 0 Å². The third-order valence-corrected chi connectivity index (χ3v) is 3.07. The van der Waals surface area contributed by atoms with Crippen LogP contribution in [-0.2, 0) is 0 Å². The molecule has 0 saturated heterocycles. The van der Waals surface area contributed by atoms with Crippen molar-refractivity contribution in [1.29, 1.82) is 0 Å². The molecule has 0 aromatic carbocycles. The zero-order chi connectivity index (χ0) is 8.81. The van der Waals surface area contributed by atoms with Gasteiger partial charge in [-0.2, -0.15) is 11.3 Å². The highest BCUT2D eigenvalue weighted by Crippen LogP contribution is 2.13. The molecule has 0 spiro atoms. The summed E-state index contributed by atoms with van der Waals surface area (Å²) in [5.41, 5.74) is 0. The van der Waals surface area contributed by atoms with Gasteiger partial charge >= 0.3 is 0 Å². The lowest BCUT2D eigenvalue weighted by Gasteiger charge is -1.62. The fourth-order valence-corrected chi connectivity index (χ4v) is 1.98. The predicted octanol–water partition coefficient (Wildman–Crippen LogP) is 4.80. The van der Waals surface area contributed by atoms with Gasteiger partial charge in [0.05, 0.1) is 9.36 Å². The van der Waals surface area contributed by atoms with E-state index in [1.54, 1.807) is 22.7 Å². The van der Waals surface area contributed by atoms with Crippen molar-refractivity contribution >= 4 is 45.9 Å². The van der Waals surface area contributed by atoms with Gasteiger partial charge in [0.1, 0.15) is 0 Å². The Morgan fingerprint density at radius 2 is 1.92 bits per heavy atom. The summed E-state index contributed by atoms with van der Waals surface area (Å²) in [6, 6.07) is 5.66. The van der Waals surface area contributed by atoms with E-state index in [1.165, 1.54) is 0 Å². The van der Waals surface area contributed by atoms with Crippen LogP contribution in [0.25, 0.3) is 0 Å². The first-order valence-electron chi connectivity index (χ1n) is 3.16. The zero-order valence-electron chi connectivity index (χ0n) is 6.04. The summed E-state index contributed by atoms with van der Waals surface area (Å²) in [6.45, 7) is 0. The van der Waals surface area contributed by atoms with Gasteiger partial charge in [0, 0.05) is 5.38 Å². The van der Waals surface area contributed by atoms with Crippen LogP contribution in [0.4, 0.5) is 0 Å². The number of hydrogen-bond donors (Lipinski definition) is 0. The van der Waals surface area contributed by atoms with E-state index in [1.807, 2.05) is 34.3 Å². The van der Waals surface area contributed by atoms with E-state index in [0.717, 1.165) is 9.36 Å². The Labute approximate surface area is 89.4 Å². The first-order chi connectivity index (χ1) is 5.79. The van der Waals surface area contributed by atoms with Gasteiger partial charge in [0.2, 0.25) is 0 Å². The Balaban J connectivity index is 0.000000120. The van der Waals surface area contributed by atoms with Crippen LogP contribution < -0.4 is 0 Å². The van der Waals surface area contributed by atoms with Crippen molar-refractivity contribution in [3.63, 3.8) is 0 Å². The van der Waals surface area contributed by atoms with Crippen LogP contribution in [0.5, 0.6) is 0 Å². The summed E-state index contributed by atoms with van der Waals surface area (Å²) >= 11 is 14.1. The van der Waals surface area contributed by atoms with Gasteiger partial charge in [-0.3, -0.25) is 0 Å². The fourth-order valence-electron chi connectivity index (χ4n) is 0.506. The van der Waals surface area contributed by atoms with Gasteiger partial charge in [-0.05, 0) is 29.0 Å². The van der Waals surface area contributed by atoms with Crippen molar-refractivity contribution in [2.24, 2.45) is 0 Å². The minimum absolute atomic E-state index is 0.833. The fraction of sp³-hybridized carbons (Fsp3) is 0. The van der Waals surface area contributed by atoms with E-state index < -0.39 is 0 Å². The van der Waals surface area contributed by atoms with Gasteiger partial charge in [-0.1, -0.05) is 23.2 Å². The second-order valence-electron chi connectivity index (χ2n) is 1.86. The average molecular weight is 237 g/mol. The highest BCUT2D eigenvalue weighted by atomic mass is 35.5. The van der Waals surface area contributed by atoms with Crippen LogP contribution in [0.2, 0.25) is 9.36 Å². The first-order valence-corrected chi connectivity index (χ1v) is 5.73. The van der Waals surface area contributed by atoms with Crippen molar-refractivity contribution in [2.45, 2.75) is 0 Å². The molecule has 12 heavy (non-hydrogen) atoms. The Kier molecular flexibility index (Phi) is 4.69. The molecule has 0 unspecified atom stereocenters. The molecule has 4 heteroatoms. The van der Waals surface area contributed by atoms with E-state index in [2.05, 4.69) is 0 Å². The molecule has 0 radical (unpaired) electrons. The van der Waals surface area contributed by atoms with Crippen molar-refractivity contribution in [2.75, 3.05) is 0 Å². The highest BCUT2D eigenvalue weighted by molar-refractivity contribution is 7.14. The second-order valence-corrected chi connectivity index (χ2v) is 4.65. The summed E-state index contributed by atoms with van der Waals surface area (Å²) in [6.07, 6.45) is 0. The largest absolute Gasteiger partial charge is 0.151 e. The number of rotatable bonds is 0. The summed E-state index contributed by atoms with van der Waals surface area (Å²) in [7, 11) is 0. The Hall–Kier alpha value is -0.0200. The molecule has 2 aromatic heterocycles. The molecule has 0 aliphatic carbocycles. The smallest absolute Gasteiger partial charge is 0.0928 e. The van der Waals surface area contributed by atoms with E-state index in [4.69, 9.17) is 23.2 Å². The second kappa shape index (κ2) is 5.60. The van der Waals surface area contributed by atoms with Gasteiger partial charge in [-0.15, -0.1) is 11.3 Å². The van der Waals surface area contributed by atoms with Crippen molar-refractivity contribution in [3.05, 3.63) is 43.7 Å². The van der Waals surface area contributed by atoms with E-state index in [0.29, 0.717) is 0 Å². The SMILES string of the molecule is Clc1cccs1.Clc1ccsc1. The maximum Gasteiger partial charge on any atom is 0.0928 e. The van der Waals surface area contributed by atoms with E-state index in [9.17, 15) is 0 Å². The molecule has 64 valence electrons. The Bertz CT molecular complexity index is 254. The predicted molar refractivity (Wildman–Crippen MR) is 58.7 cm³/mol. The molecule has 0 aliphatic rings.